The zero-order chi connectivity index (χ0) is 31.5. The van der Waals surface area contributed by atoms with Crippen molar-refractivity contribution in [1.82, 2.24) is 10.7 Å². The monoisotopic (exact) mass is 745 g/mol. The highest BCUT2D eigenvalue weighted by Gasteiger charge is 2.25. The normalized spacial score (nSPS) is 12.3. The first-order chi connectivity index (χ1) is 21.2. The lowest BCUT2D eigenvalue weighted by atomic mass is 10.1. The molecule has 0 spiro atoms. The minimum Gasteiger partial charge on any atom is -0.493 e. The molecular weight excluding hydrogens is 716 g/mol. The van der Waals surface area contributed by atoms with Crippen LogP contribution >= 0.6 is 45.8 Å². The molecule has 0 aliphatic rings. The molecule has 0 heterocycles. The molecule has 4 aromatic rings. The molecule has 2 atom stereocenters. The molecule has 11 heteroatoms. The number of carbonyl (C=O) groups excluding carboxylic acids is 2. The highest BCUT2D eigenvalue weighted by molar-refractivity contribution is 14.1. The van der Waals surface area contributed by atoms with Gasteiger partial charge in [-0.2, -0.15) is 5.10 Å². The van der Waals surface area contributed by atoms with Crippen molar-refractivity contribution >= 4 is 63.8 Å². The number of halogens is 3. The average molecular weight is 746 g/mol. The van der Waals surface area contributed by atoms with Gasteiger partial charge in [0.1, 0.15) is 18.4 Å². The number of hydrazone groups is 1. The molecule has 44 heavy (non-hydrogen) atoms. The summed E-state index contributed by atoms with van der Waals surface area (Å²) in [6.45, 7) is 1.96. The zero-order valence-electron chi connectivity index (χ0n) is 23.9. The van der Waals surface area contributed by atoms with Gasteiger partial charge in [0.2, 0.25) is 0 Å². The number of amides is 2. The van der Waals surface area contributed by atoms with Crippen LogP contribution in [0, 0.1) is 3.57 Å². The van der Waals surface area contributed by atoms with Gasteiger partial charge in [0.05, 0.1) is 21.9 Å². The van der Waals surface area contributed by atoms with Gasteiger partial charge in [-0.25, -0.2) is 5.43 Å². The van der Waals surface area contributed by atoms with Crippen LogP contribution in [0.15, 0.2) is 96.1 Å². The van der Waals surface area contributed by atoms with Crippen molar-refractivity contribution in [2.45, 2.75) is 32.1 Å². The molecule has 2 amide bonds. The summed E-state index contributed by atoms with van der Waals surface area (Å²) < 4.78 is 18.1. The van der Waals surface area contributed by atoms with Crippen molar-refractivity contribution in [3.63, 3.8) is 0 Å². The molecule has 2 N–H and O–H groups in total. The molecule has 0 aliphatic heterocycles. The van der Waals surface area contributed by atoms with Crippen LogP contribution in [0.5, 0.6) is 17.2 Å². The van der Waals surface area contributed by atoms with Crippen molar-refractivity contribution in [3.8, 4) is 17.2 Å². The predicted octanol–water partition coefficient (Wildman–Crippen LogP) is 6.83. The number of nitrogens with one attached hydrogen (secondary N) is 2. The third-order valence-corrected chi connectivity index (χ3v) is 7.68. The second-order valence-electron chi connectivity index (χ2n) is 9.63. The van der Waals surface area contributed by atoms with Crippen molar-refractivity contribution in [1.29, 1.82) is 0 Å². The van der Waals surface area contributed by atoms with Gasteiger partial charge in [-0.3, -0.25) is 9.59 Å². The van der Waals surface area contributed by atoms with E-state index in [4.69, 9.17) is 37.4 Å². The molecular formula is C33H30Cl2IN3O5. The number of methoxy groups -OCH3 is 1. The van der Waals surface area contributed by atoms with Crippen LogP contribution in [-0.4, -0.2) is 37.3 Å². The SMILES string of the molecule is COc1cc(/C=N\NC(=O)[C@H](Cc2ccccc2)NC(=O)[C@H](C)Oc2ccc(Cl)cc2Cl)cc(I)c1OCc1ccccc1. The molecule has 0 saturated carbocycles. The minimum absolute atomic E-state index is 0.238. The standard InChI is InChI=1S/C33H30Cl2IN3O5/c1-21(44-29-14-13-25(34)18-26(29)35)32(40)38-28(16-22-9-5-3-6-10-22)33(41)39-37-19-24-15-27(36)31(30(17-24)42-2)43-20-23-11-7-4-8-12-23/h3-15,17-19,21,28H,16,20H2,1-2H3,(H,38,40)(H,39,41)/b37-19-/t21-,28-/m0/s1. The van der Waals surface area contributed by atoms with E-state index in [2.05, 4.69) is 38.4 Å². The van der Waals surface area contributed by atoms with E-state index in [0.717, 1.165) is 14.7 Å². The largest absolute Gasteiger partial charge is 0.493 e. The highest BCUT2D eigenvalue weighted by Crippen LogP contribution is 2.34. The Kier molecular flexibility index (Phi) is 12.3. The maximum absolute atomic E-state index is 13.2. The fraction of sp³-hybridized carbons (Fsp3) is 0.182. The second kappa shape index (κ2) is 16.3. The Morgan fingerprint density at radius 3 is 2.25 bits per heavy atom. The van der Waals surface area contributed by atoms with Crippen LogP contribution in [0.1, 0.15) is 23.6 Å². The molecule has 0 aromatic heterocycles. The van der Waals surface area contributed by atoms with Crippen LogP contribution in [0.25, 0.3) is 0 Å². The Labute approximate surface area is 279 Å². The predicted molar refractivity (Wildman–Crippen MR) is 181 cm³/mol. The van der Waals surface area contributed by atoms with Crippen LogP contribution in [0.3, 0.4) is 0 Å². The Bertz CT molecular complexity index is 1610. The van der Waals surface area contributed by atoms with Gasteiger partial charge in [0.25, 0.3) is 11.8 Å². The van der Waals surface area contributed by atoms with Crippen LogP contribution in [0.2, 0.25) is 10.0 Å². The number of rotatable bonds is 13. The number of nitrogens with zero attached hydrogens (tertiary/aromatic N) is 1. The van der Waals surface area contributed by atoms with Crippen molar-refractivity contribution in [3.05, 3.63) is 121 Å². The van der Waals surface area contributed by atoms with Gasteiger partial charge < -0.3 is 19.5 Å². The molecule has 0 bridgehead atoms. The van der Waals surface area contributed by atoms with E-state index in [0.29, 0.717) is 34.4 Å². The molecule has 228 valence electrons. The molecule has 4 rings (SSSR count). The summed E-state index contributed by atoms with van der Waals surface area (Å²) in [5.41, 5.74) is 5.12. The third-order valence-electron chi connectivity index (χ3n) is 6.35. The fourth-order valence-corrected chi connectivity index (χ4v) is 5.33. The van der Waals surface area contributed by atoms with E-state index >= 15 is 0 Å². The highest BCUT2D eigenvalue weighted by atomic mass is 127. The van der Waals surface area contributed by atoms with E-state index in [9.17, 15) is 9.59 Å². The van der Waals surface area contributed by atoms with E-state index in [1.54, 1.807) is 32.2 Å². The topological polar surface area (TPSA) is 98.2 Å². The number of hydrogen-bond donors (Lipinski definition) is 2. The molecule has 0 radical (unpaired) electrons. The van der Waals surface area contributed by atoms with Crippen LogP contribution < -0.4 is 25.0 Å². The lowest BCUT2D eigenvalue weighted by Gasteiger charge is -2.21. The molecule has 8 nitrogen and oxygen atoms in total. The van der Waals surface area contributed by atoms with Gasteiger partial charge >= 0.3 is 0 Å². The smallest absolute Gasteiger partial charge is 0.262 e. The maximum Gasteiger partial charge on any atom is 0.262 e. The molecule has 0 unspecified atom stereocenters. The lowest BCUT2D eigenvalue weighted by molar-refractivity contribution is -0.132. The van der Waals surface area contributed by atoms with Gasteiger partial charge in [-0.05, 0) is 76.5 Å². The summed E-state index contributed by atoms with van der Waals surface area (Å²) in [6.07, 6.45) is 0.793. The van der Waals surface area contributed by atoms with Gasteiger partial charge in [0, 0.05) is 11.4 Å². The number of ether oxygens (including phenoxy) is 3. The van der Waals surface area contributed by atoms with Crippen molar-refractivity contribution in [2.24, 2.45) is 5.10 Å². The summed E-state index contributed by atoms with van der Waals surface area (Å²) >= 11 is 14.3. The van der Waals surface area contributed by atoms with Crippen molar-refractivity contribution < 1.29 is 23.8 Å². The molecule has 4 aromatic carbocycles. The van der Waals surface area contributed by atoms with E-state index in [-0.39, 0.29) is 11.4 Å². The Morgan fingerprint density at radius 1 is 0.909 bits per heavy atom. The maximum atomic E-state index is 13.2. The average Bonchev–Trinajstić information content (AvgIpc) is 3.02. The summed E-state index contributed by atoms with van der Waals surface area (Å²) in [4.78, 5) is 26.3. The van der Waals surface area contributed by atoms with E-state index in [1.807, 2.05) is 66.7 Å². The minimum atomic E-state index is -0.944. The van der Waals surface area contributed by atoms with Gasteiger partial charge in [-0.1, -0.05) is 83.9 Å². The number of carbonyl (C=O) groups is 2. The first kappa shape index (κ1) is 33.1. The van der Waals surface area contributed by atoms with E-state index in [1.165, 1.54) is 12.3 Å². The Hall–Kier alpha value is -3.80. The van der Waals surface area contributed by atoms with Gasteiger partial charge in [0.15, 0.2) is 17.6 Å². The first-order valence-electron chi connectivity index (χ1n) is 13.6. The summed E-state index contributed by atoms with van der Waals surface area (Å²) in [7, 11) is 1.56. The third kappa shape index (κ3) is 9.60. The first-order valence-corrected chi connectivity index (χ1v) is 15.4. The summed E-state index contributed by atoms with van der Waals surface area (Å²) in [5, 5.41) is 7.63. The summed E-state index contributed by atoms with van der Waals surface area (Å²) in [5.74, 6) is 0.444. The number of benzene rings is 4. The quantitative estimate of drug-likeness (QED) is 0.0889. The van der Waals surface area contributed by atoms with E-state index < -0.39 is 24.0 Å². The molecule has 0 saturated heterocycles. The van der Waals surface area contributed by atoms with Crippen molar-refractivity contribution in [2.75, 3.05) is 7.11 Å². The summed E-state index contributed by atoms with van der Waals surface area (Å²) in [6, 6.07) is 26.6. The lowest BCUT2D eigenvalue weighted by Crippen LogP contribution is -2.50. The number of hydrogen-bond acceptors (Lipinski definition) is 6. The molecule has 0 fully saturated rings. The second-order valence-corrected chi connectivity index (χ2v) is 11.6. The zero-order valence-corrected chi connectivity index (χ0v) is 27.6. The fourth-order valence-electron chi connectivity index (χ4n) is 4.10. The molecule has 0 aliphatic carbocycles. The van der Waals surface area contributed by atoms with Crippen LogP contribution in [-0.2, 0) is 22.6 Å². The van der Waals surface area contributed by atoms with Gasteiger partial charge in [-0.15, -0.1) is 0 Å². The Balaban J connectivity index is 1.43. The van der Waals surface area contributed by atoms with Crippen LogP contribution in [0.4, 0.5) is 0 Å². The Morgan fingerprint density at radius 2 is 1.59 bits per heavy atom.